The molecule has 0 aliphatic carbocycles. The average molecular weight is 272 g/mol. The minimum Gasteiger partial charge on any atom is -0.389 e. The van der Waals surface area contributed by atoms with Crippen molar-refractivity contribution in [2.45, 2.75) is 26.6 Å². The number of aliphatic hydroxyl groups excluding tert-OH is 1. The van der Waals surface area contributed by atoms with Gasteiger partial charge < -0.3 is 15.2 Å². The third-order valence-electron chi connectivity index (χ3n) is 2.40. The van der Waals surface area contributed by atoms with E-state index in [1.165, 1.54) is 0 Å². The molecule has 4 heteroatoms. The van der Waals surface area contributed by atoms with Crippen molar-refractivity contribution in [2.75, 3.05) is 19.7 Å². The van der Waals surface area contributed by atoms with Crippen LogP contribution in [-0.4, -0.2) is 30.9 Å². The highest BCUT2D eigenvalue weighted by molar-refractivity contribution is 6.30. The molecule has 0 spiro atoms. The first-order valence-electron chi connectivity index (χ1n) is 6.29. The van der Waals surface area contributed by atoms with Crippen LogP contribution in [0.4, 0.5) is 0 Å². The van der Waals surface area contributed by atoms with E-state index >= 15 is 0 Å². The van der Waals surface area contributed by atoms with E-state index in [1.54, 1.807) is 0 Å². The SMILES string of the molecule is CC(C)CNCC(O)COCc1cccc(Cl)c1. The molecule has 1 aromatic carbocycles. The summed E-state index contributed by atoms with van der Waals surface area (Å²) in [6.45, 7) is 6.54. The smallest absolute Gasteiger partial charge is 0.0897 e. The lowest BCUT2D eigenvalue weighted by Crippen LogP contribution is -2.32. The number of hydrogen-bond donors (Lipinski definition) is 2. The fraction of sp³-hybridized carbons (Fsp3) is 0.571. The van der Waals surface area contributed by atoms with Crippen molar-refractivity contribution in [3.63, 3.8) is 0 Å². The van der Waals surface area contributed by atoms with Gasteiger partial charge in [-0.05, 0) is 30.2 Å². The van der Waals surface area contributed by atoms with E-state index in [1.807, 2.05) is 24.3 Å². The first kappa shape index (κ1) is 15.4. The maximum atomic E-state index is 9.68. The molecule has 18 heavy (non-hydrogen) atoms. The molecule has 0 saturated heterocycles. The molecule has 0 aliphatic rings. The van der Waals surface area contributed by atoms with Crippen LogP contribution in [0.2, 0.25) is 5.02 Å². The number of halogens is 1. The van der Waals surface area contributed by atoms with Crippen LogP contribution in [0.3, 0.4) is 0 Å². The summed E-state index contributed by atoms with van der Waals surface area (Å²) in [6.07, 6.45) is -0.470. The van der Waals surface area contributed by atoms with Gasteiger partial charge in [0.1, 0.15) is 0 Å². The predicted molar refractivity (Wildman–Crippen MR) is 74.8 cm³/mol. The van der Waals surface area contributed by atoms with Gasteiger partial charge in [0.25, 0.3) is 0 Å². The van der Waals surface area contributed by atoms with Crippen molar-refractivity contribution in [2.24, 2.45) is 5.92 Å². The number of rotatable bonds is 8. The molecule has 1 unspecified atom stereocenters. The van der Waals surface area contributed by atoms with Crippen molar-refractivity contribution in [1.29, 1.82) is 0 Å². The van der Waals surface area contributed by atoms with Crippen LogP contribution >= 0.6 is 11.6 Å². The zero-order chi connectivity index (χ0) is 13.4. The lowest BCUT2D eigenvalue weighted by molar-refractivity contribution is 0.0286. The molecule has 0 fully saturated rings. The van der Waals surface area contributed by atoms with Gasteiger partial charge in [-0.25, -0.2) is 0 Å². The maximum absolute atomic E-state index is 9.68. The normalized spacial score (nSPS) is 12.9. The molecule has 0 bridgehead atoms. The van der Waals surface area contributed by atoms with Gasteiger partial charge in [-0.15, -0.1) is 0 Å². The van der Waals surface area contributed by atoms with Gasteiger partial charge in [-0.1, -0.05) is 37.6 Å². The highest BCUT2D eigenvalue weighted by Gasteiger charge is 2.04. The topological polar surface area (TPSA) is 41.5 Å². The van der Waals surface area contributed by atoms with E-state index in [2.05, 4.69) is 19.2 Å². The molecular formula is C14H22ClNO2. The van der Waals surface area contributed by atoms with Gasteiger partial charge in [0.05, 0.1) is 19.3 Å². The molecule has 3 nitrogen and oxygen atoms in total. The number of nitrogens with one attached hydrogen (secondary N) is 1. The van der Waals surface area contributed by atoms with Crippen LogP contribution in [0.5, 0.6) is 0 Å². The molecule has 0 aromatic heterocycles. The Balaban J connectivity index is 2.13. The Morgan fingerprint density at radius 1 is 1.33 bits per heavy atom. The second-order valence-corrected chi connectivity index (χ2v) is 5.29. The monoisotopic (exact) mass is 271 g/mol. The predicted octanol–water partition coefficient (Wildman–Crippen LogP) is 2.46. The van der Waals surface area contributed by atoms with Crippen LogP contribution in [-0.2, 0) is 11.3 Å². The molecule has 2 N–H and O–H groups in total. The van der Waals surface area contributed by atoms with E-state index < -0.39 is 6.10 Å². The van der Waals surface area contributed by atoms with Gasteiger partial charge >= 0.3 is 0 Å². The van der Waals surface area contributed by atoms with E-state index in [4.69, 9.17) is 16.3 Å². The Morgan fingerprint density at radius 2 is 2.11 bits per heavy atom. The first-order valence-corrected chi connectivity index (χ1v) is 6.66. The molecule has 1 rings (SSSR count). The zero-order valence-corrected chi connectivity index (χ0v) is 11.8. The van der Waals surface area contributed by atoms with E-state index in [0.29, 0.717) is 30.7 Å². The highest BCUT2D eigenvalue weighted by Crippen LogP contribution is 2.11. The van der Waals surface area contributed by atoms with E-state index in [9.17, 15) is 5.11 Å². The van der Waals surface area contributed by atoms with Crippen LogP contribution < -0.4 is 5.32 Å². The fourth-order valence-corrected chi connectivity index (χ4v) is 1.75. The summed E-state index contributed by atoms with van der Waals surface area (Å²) in [5.41, 5.74) is 1.02. The number of ether oxygens (including phenoxy) is 1. The van der Waals surface area contributed by atoms with Crippen LogP contribution in [0.1, 0.15) is 19.4 Å². The van der Waals surface area contributed by atoms with Crippen molar-refractivity contribution in [3.8, 4) is 0 Å². The zero-order valence-electron chi connectivity index (χ0n) is 11.0. The molecule has 0 aliphatic heterocycles. The Hall–Kier alpha value is -0.610. The highest BCUT2D eigenvalue weighted by atomic mass is 35.5. The standard InChI is InChI=1S/C14H22ClNO2/c1-11(2)7-16-8-14(17)10-18-9-12-4-3-5-13(15)6-12/h3-6,11,14,16-17H,7-10H2,1-2H3. The summed E-state index contributed by atoms with van der Waals surface area (Å²) >= 11 is 5.87. The van der Waals surface area contributed by atoms with Crippen molar-refractivity contribution < 1.29 is 9.84 Å². The van der Waals surface area contributed by atoms with Crippen molar-refractivity contribution in [3.05, 3.63) is 34.9 Å². The number of hydrogen-bond acceptors (Lipinski definition) is 3. The fourth-order valence-electron chi connectivity index (χ4n) is 1.54. The first-order chi connectivity index (χ1) is 8.58. The molecule has 0 heterocycles. The third kappa shape index (κ3) is 6.97. The number of aliphatic hydroxyl groups is 1. The lowest BCUT2D eigenvalue weighted by Gasteiger charge is -2.13. The molecule has 1 atom stereocenters. The van der Waals surface area contributed by atoms with Crippen molar-refractivity contribution in [1.82, 2.24) is 5.32 Å². The summed E-state index contributed by atoms with van der Waals surface area (Å²) in [6, 6.07) is 7.54. The maximum Gasteiger partial charge on any atom is 0.0897 e. The number of benzene rings is 1. The van der Waals surface area contributed by atoms with Gasteiger partial charge in [0.2, 0.25) is 0 Å². The minimum atomic E-state index is -0.470. The van der Waals surface area contributed by atoms with Gasteiger partial charge in [0, 0.05) is 11.6 Å². The summed E-state index contributed by atoms with van der Waals surface area (Å²) in [7, 11) is 0. The molecule has 0 radical (unpaired) electrons. The molecular weight excluding hydrogens is 250 g/mol. The molecule has 102 valence electrons. The Kier molecular flexibility index (Phi) is 7.28. The molecule has 0 saturated carbocycles. The largest absolute Gasteiger partial charge is 0.389 e. The lowest BCUT2D eigenvalue weighted by atomic mass is 10.2. The van der Waals surface area contributed by atoms with Gasteiger partial charge in [-0.3, -0.25) is 0 Å². The Morgan fingerprint density at radius 3 is 2.78 bits per heavy atom. The second kappa shape index (κ2) is 8.48. The molecule has 1 aromatic rings. The van der Waals surface area contributed by atoms with Gasteiger partial charge in [-0.2, -0.15) is 0 Å². The Bertz CT molecular complexity index is 344. The van der Waals surface area contributed by atoms with E-state index in [-0.39, 0.29) is 0 Å². The van der Waals surface area contributed by atoms with Crippen LogP contribution in [0.25, 0.3) is 0 Å². The summed E-state index contributed by atoms with van der Waals surface area (Å²) in [5, 5.41) is 13.6. The molecule has 0 amide bonds. The van der Waals surface area contributed by atoms with Crippen LogP contribution in [0, 0.1) is 5.92 Å². The third-order valence-corrected chi connectivity index (χ3v) is 2.64. The van der Waals surface area contributed by atoms with E-state index in [0.717, 1.165) is 12.1 Å². The Labute approximate surface area is 114 Å². The van der Waals surface area contributed by atoms with Crippen molar-refractivity contribution >= 4 is 11.6 Å². The van der Waals surface area contributed by atoms with Gasteiger partial charge in [0.15, 0.2) is 0 Å². The summed E-state index contributed by atoms with van der Waals surface area (Å²) < 4.78 is 5.45. The van der Waals surface area contributed by atoms with Crippen LogP contribution in [0.15, 0.2) is 24.3 Å². The second-order valence-electron chi connectivity index (χ2n) is 4.85. The summed E-state index contributed by atoms with van der Waals surface area (Å²) in [5.74, 6) is 0.588. The quantitative estimate of drug-likeness (QED) is 0.763. The average Bonchev–Trinajstić information content (AvgIpc) is 2.28. The minimum absolute atomic E-state index is 0.331. The summed E-state index contributed by atoms with van der Waals surface area (Å²) in [4.78, 5) is 0.